The molecule has 2 N–H and O–H groups in total. The summed E-state index contributed by atoms with van der Waals surface area (Å²) in [5, 5.41) is 12.3. The van der Waals surface area contributed by atoms with E-state index < -0.39 is 18.5 Å². The zero-order valence-corrected chi connectivity index (χ0v) is 11.1. The van der Waals surface area contributed by atoms with Crippen LogP contribution in [0.3, 0.4) is 0 Å². The monoisotopic (exact) mass is 294 g/mol. The number of aliphatic carboxylic acids is 1. The molecule has 2 aromatic rings. The molecular weight excluding hydrogens is 284 g/mol. The van der Waals surface area contributed by atoms with Crippen LogP contribution in [0.4, 0.5) is 5.69 Å². The van der Waals surface area contributed by atoms with Crippen LogP contribution >= 0.6 is 11.6 Å². The summed E-state index contributed by atoms with van der Waals surface area (Å²) in [4.78, 5) is 26.1. The van der Waals surface area contributed by atoms with E-state index in [0.29, 0.717) is 16.2 Å². The quantitative estimate of drug-likeness (QED) is 0.879. The number of nitrogens with one attached hydrogen (secondary N) is 1. The molecule has 0 aliphatic heterocycles. The van der Waals surface area contributed by atoms with Crippen molar-refractivity contribution in [1.29, 1.82) is 0 Å². The van der Waals surface area contributed by atoms with Crippen molar-refractivity contribution in [2.24, 2.45) is 0 Å². The first-order valence-electron chi connectivity index (χ1n) is 5.70. The first-order chi connectivity index (χ1) is 9.58. The van der Waals surface area contributed by atoms with Gasteiger partial charge in [0.15, 0.2) is 0 Å². The number of rotatable bonds is 5. The summed E-state index contributed by atoms with van der Waals surface area (Å²) < 4.78 is 4.71. The number of anilines is 1. The molecular formula is C13H11ClN2O4. The average molecular weight is 295 g/mol. The largest absolute Gasteiger partial charge is 0.480 e. The first-order valence-corrected chi connectivity index (χ1v) is 6.08. The molecule has 0 fully saturated rings. The summed E-state index contributed by atoms with van der Waals surface area (Å²) in [6.45, 7) is -0.865. The molecule has 0 saturated heterocycles. The minimum atomic E-state index is -1.13. The number of ether oxygens (including phenoxy) is 1. The zero-order chi connectivity index (χ0) is 14.5. The lowest BCUT2D eigenvalue weighted by atomic mass is 10.2. The van der Waals surface area contributed by atoms with E-state index >= 15 is 0 Å². The van der Waals surface area contributed by atoms with Crippen molar-refractivity contribution >= 4 is 40.1 Å². The molecule has 7 heteroatoms. The maximum atomic E-state index is 11.6. The molecule has 0 aliphatic rings. The Morgan fingerprint density at radius 1 is 1.30 bits per heavy atom. The van der Waals surface area contributed by atoms with Crippen LogP contribution in [0, 0.1) is 0 Å². The third kappa shape index (κ3) is 3.43. The number of carboxylic acid groups (broad SMARTS) is 1. The highest BCUT2D eigenvalue weighted by molar-refractivity contribution is 6.35. The number of halogens is 1. The number of nitrogens with zero attached hydrogens (tertiary/aromatic N) is 1. The standard InChI is InChI=1S/C13H11ClN2O4/c14-9-3-4-10(13-8(9)2-1-5-15-13)16-11(17)6-20-7-12(18)19/h1-5H,6-7H2,(H,16,17)(H,18,19). The van der Waals surface area contributed by atoms with Gasteiger partial charge in [-0.3, -0.25) is 9.78 Å². The molecule has 2 rings (SSSR count). The second-order valence-electron chi connectivity index (χ2n) is 3.93. The van der Waals surface area contributed by atoms with Gasteiger partial charge in [-0.2, -0.15) is 0 Å². The third-order valence-electron chi connectivity index (χ3n) is 2.45. The molecule has 104 valence electrons. The van der Waals surface area contributed by atoms with E-state index in [9.17, 15) is 9.59 Å². The minimum absolute atomic E-state index is 0.344. The van der Waals surface area contributed by atoms with Gasteiger partial charge in [-0.05, 0) is 24.3 Å². The molecule has 0 spiro atoms. The van der Waals surface area contributed by atoms with Gasteiger partial charge in [0.2, 0.25) is 5.91 Å². The molecule has 1 aromatic heterocycles. The van der Waals surface area contributed by atoms with Crippen LogP contribution in [-0.2, 0) is 14.3 Å². The van der Waals surface area contributed by atoms with Crippen molar-refractivity contribution in [3.05, 3.63) is 35.5 Å². The van der Waals surface area contributed by atoms with Gasteiger partial charge in [0.05, 0.1) is 16.2 Å². The SMILES string of the molecule is O=C(O)COCC(=O)Nc1ccc(Cl)c2cccnc12. The number of carbonyl (C=O) groups excluding carboxylic acids is 1. The number of carbonyl (C=O) groups is 2. The Kier molecular flexibility index (Phi) is 4.49. The van der Waals surface area contributed by atoms with Gasteiger partial charge in [0.25, 0.3) is 0 Å². The third-order valence-corrected chi connectivity index (χ3v) is 2.78. The fraction of sp³-hybridized carbons (Fsp3) is 0.154. The van der Waals surface area contributed by atoms with Crippen molar-refractivity contribution in [2.45, 2.75) is 0 Å². The molecule has 0 saturated carbocycles. The second kappa shape index (κ2) is 6.31. The summed E-state index contributed by atoms with van der Waals surface area (Å²) in [7, 11) is 0. The number of pyridine rings is 1. The predicted molar refractivity (Wildman–Crippen MR) is 73.8 cm³/mol. The molecule has 1 heterocycles. The fourth-order valence-corrected chi connectivity index (χ4v) is 1.87. The smallest absolute Gasteiger partial charge is 0.329 e. The Hall–Kier alpha value is -2.18. The van der Waals surface area contributed by atoms with Crippen LogP contribution < -0.4 is 5.32 Å². The molecule has 6 nitrogen and oxygen atoms in total. The summed E-state index contributed by atoms with van der Waals surface area (Å²) >= 11 is 6.04. The molecule has 20 heavy (non-hydrogen) atoms. The van der Waals surface area contributed by atoms with Crippen LogP contribution in [-0.4, -0.2) is 35.2 Å². The number of hydrogen-bond acceptors (Lipinski definition) is 4. The molecule has 0 bridgehead atoms. The maximum Gasteiger partial charge on any atom is 0.329 e. The molecule has 0 atom stereocenters. The Labute approximate surface area is 119 Å². The van der Waals surface area contributed by atoms with Gasteiger partial charge in [-0.1, -0.05) is 11.6 Å². The zero-order valence-electron chi connectivity index (χ0n) is 10.3. The number of benzene rings is 1. The molecule has 1 aromatic carbocycles. The van der Waals surface area contributed by atoms with Crippen LogP contribution in [0.15, 0.2) is 30.5 Å². The molecule has 0 radical (unpaired) electrons. The first kappa shape index (κ1) is 14.2. The van der Waals surface area contributed by atoms with Crippen LogP contribution in [0.25, 0.3) is 10.9 Å². The molecule has 1 amide bonds. The maximum absolute atomic E-state index is 11.6. The second-order valence-corrected chi connectivity index (χ2v) is 4.34. The minimum Gasteiger partial charge on any atom is -0.480 e. The van der Waals surface area contributed by atoms with E-state index in [1.165, 1.54) is 0 Å². The normalized spacial score (nSPS) is 10.4. The van der Waals surface area contributed by atoms with E-state index in [-0.39, 0.29) is 6.61 Å². The number of fused-ring (bicyclic) bond motifs is 1. The van der Waals surface area contributed by atoms with Gasteiger partial charge in [0, 0.05) is 11.6 Å². The summed E-state index contributed by atoms with van der Waals surface area (Å²) in [6.07, 6.45) is 1.59. The van der Waals surface area contributed by atoms with Crippen LogP contribution in [0.5, 0.6) is 0 Å². The average Bonchev–Trinajstić information content (AvgIpc) is 2.42. The number of aromatic nitrogens is 1. The van der Waals surface area contributed by atoms with Gasteiger partial charge >= 0.3 is 5.97 Å². The van der Waals surface area contributed by atoms with Crippen molar-refractivity contribution in [3.8, 4) is 0 Å². The van der Waals surface area contributed by atoms with E-state index in [0.717, 1.165) is 5.39 Å². The van der Waals surface area contributed by atoms with E-state index in [1.807, 2.05) is 0 Å². The van der Waals surface area contributed by atoms with E-state index in [4.69, 9.17) is 21.4 Å². The van der Waals surface area contributed by atoms with Crippen LogP contribution in [0.2, 0.25) is 5.02 Å². The van der Waals surface area contributed by atoms with Gasteiger partial charge in [-0.25, -0.2) is 4.79 Å². The van der Waals surface area contributed by atoms with Crippen molar-refractivity contribution in [2.75, 3.05) is 18.5 Å². The van der Waals surface area contributed by atoms with Crippen molar-refractivity contribution in [1.82, 2.24) is 4.98 Å². The topological polar surface area (TPSA) is 88.5 Å². The Bertz CT molecular complexity index is 660. The van der Waals surface area contributed by atoms with Crippen molar-refractivity contribution in [3.63, 3.8) is 0 Å². The summed E-state index contributed by atoms with van der Waals surface area (Å²) in [5.41, 5.74) is 1.06. The lowest BCUT2D eigenvalue weighted by molar-refractivity contribution is -0.143. The predicted octanol–water partition coefficient (Wildman–Crippen LogP) is 1.93. The number of carboxylic acids is 1. The summed E-state index contributed by atoms with van der Waals surface area (Å²) in [6, 6.07) is 6.82. The number of amides is 1. The highest BCUT2D eigenvalue weighted by Crippen LogP contribution is 2.27. The summed E-state index contributed by atoms with van der Waals surface area (Å²) in [5.74, 6) is -1.59. The van der Waals surface area contributed by atoms with Crippen molar-refractivity contribution < 1.29 is 19.4 Å². The van der Waals surface area contributed by atoms with E-state index in [2.05, 4.69) is 10.3 Å². The highest BCUT2D eigenvalue weighted by Gasteiger charge is 2.09. The molecule has 0 unspecified atom stereocenters. The lowest BCUT2D eigenvalue weighted by Gasteiger charge is -2.09. The lowest BCUT2D eigenvalue weighted by Crippen LogP contribution is -2.20. The van der Waals surface area contributed by atoms with E-state index in [1.54, 1.807) is 30.5 Å². The van der Waals surface area contributed by atoms with Gasteiger partial charge in [0.1, 0.15) is 13.2 Å². The fourth-order valence-electron chi connectivity index (χ4n) is 1.66. The van der Waals surface area contributed by atoms with Gasteiger partial charge < -0.3 is 15.2 Å². The van der Waals surface area contributed by atoms with Crippen LogP contribution in [0.1, 0.15) is 0 Å². The van der Waals surface area contributed by atoms with Gasteiger partial charge in [-0.15, -0.1) is 0 Å². The number of hydrogen-bond donors (Lipinski definition) is 2. The Morgan fingerprint density at radius 3 is 2.85 bits per heavy atom. The highest BCUT2D eigenvalue weighted by atomic mass is 35.5. The Balaban J connectivity index is 2.12. The molecule has 0 aliphatic carbocycles. The Morgan fingerprint density at radius 2 is 2.10 bits per heavy atom.